The molecule has 0 aromatic heterocycles. The molecule has 1 unspecified atom stereocenters. The summed E-state index contributed by atoms with van der Waals surface area (Å²) in [7, 11) is 0. The average Bonchev–Trinajstić information content (AvgIpc) is 2.20. The van der Waals surface area contributed by atoms with Crippen molar-refractivity contribution in [3.8, 4) is 0 Å². The lowest BCUT2D eigenvalue weighted by Crippen LogP contribution is -2.46. The van der Waals surface area contributed by atoms with E-state index in [0.717, 1.165) is 0 Å². The third-order valence-electron chi connectivity index (χ3n) is 2.75. The summed E-state index contributed by atoms with van der Waals surface area (Å²) in [6, 6.07) is -0.708. The van der Waals surface area contributed by atoms with E-state index in [1.807, 2.05) is 0 Å². The number of amides is 1. The number of Topliss-reactive ketones (excluding diaryl/α,β-unsaturated/α-hetero) is 1. The van der Waals surface area contributed by atoms with Crippen molar-refractivity contribution in [2.24, 2.45) is 5.73 Å². The number of carboxylic acid groups (broad SMARTS) is 1. The van der Waals surface area contributed by atoms with Crippen LogP contribution in [0.5, 0.6) is 0 Å². The van der Waals surface area contributed by atoms with E-state index in [4.69, 9.17) is 10.8 Å². The van der Waals surface area contributed by atoms with Crippen LogP contribution in [-0.4, -0.2) is 46.8 Å². The van der Waals surface area contributed by atoms with Crippen LogP contribution in [0.2, 0.25) is 0 Å². The molecule has 1 aliphatic rings. The first-order valence-electron chi connectivity index (χ1n) is 5.27. The lowest BCUT2D eigenvalue weighted by Gasteiger charge is -2.31. The molecule has 1 atom stereocenters. The van der Waals surface area contributed by atoms with Crippen LogP contribution in [0, 0.1) is 0 Å². The van der Waals surface area contributed by atoms with E-state index in [-0.39, 0.29) is 18.6 Å². The van der Waals surface area contributed by atoms with Gasteiger partial charge in [0.05, 0.1) is 0 Å². The van der Waals surface area contributed by atoms with Gasteiger partial charge >= 0.3 is 5.97 Å². The highest BCUT2D eigenvalue weighted by Crippen LogP contribution is 2.14. The summed E-state index contributed by atoms with van der Waals surface area (Å²) >= 11 is 0. The predicted molar refractivity (Wildman–Crippen MR) is 55.7 cm³/mol. The SMILES string of the molecule is NC(=O)CCC(C(=O)O)N1CCC(=O)CC1. The minimum Gasteiger partial charge on any atom is -0.480 e. The molecule has 6 nitrogen and oxygen atoms in total. The Hall–Kier alpha value is -1.43. The molecule has 16 heavy (non-hydrogen) atoms. The van der Waals surface area contributed by atoms with Gasteiger partial charge in [0.2, 0.25) is 5.91 Å². The van der Waals surface area contributed by atoms with E-state index >= 15 is 0 Å². The van der Waals surface area contributed by atoms with Crippen molar-refractivity contribution >= 4 is 17.7 Å². The first-order valence-corrected chi connectivity index (χ1v) is 5.27. The maximum Gasteiger partial charge on any atom is 0.320 e. The van der Waals surface area contributed by atoms with Gasteiger partial charge in [0.15, 0.2) is 0 Å². The van der Waals surface area contributed by atoms with Gasteiger partial charge in [-0.2, -0.15) is 0 Å². The van der Waals surface area contributed by atoms with Crippen molar-refractivity contribution in [3.05, 3.63) is 0 Å². The Morgan fingerprint density at radius 2 is 1.94 bits per heavy atom. The van der Waals surface area contributed by atoms with Crippen molar-refractivity contribution in [3.63, 3.8) is 0 Å². The first-order chi connectivity index (χ1) is 7.50. The minimum atomic E-state index is -0.962. The Labute approximate surface area is 93.4 Å². The molecule has 0 aliphatic carbocycles. The van der Waals surface area contributed by atoms with E-state index < -0.39 is 17.9 Å². The Bertz CT molecular complexity index is 293. The van der Waals surface area contributed by atoms with Crippen LogP contribution >= 0.6 is 0 Å². The number of carbonyl (C=O) groups excluding carboxylic acids is 2. The highest BCUT2D eigenvalue weighted by molar-refractivity contribution is 5.80. The van der Waals surface area contributed by atoms with E-state index in [1.165, 1.54) is 0 Å². The number of likely N-dealkylation sites (tertiary alicyclic amines) is 1. The molecule has 1 saturated heterocycles. The molecule has 0 aromatic carbocycles. The average molecular weight is 228 g/mol. The van der Waals surface area contributed by atoms with Crippen molar-refractivity contribution < 1.29 is 19.5 Å². The van der Waals surface area contributed by atoms with Crippen LogP contribution in [0.3, 0.4) is 0 Å². The molecule has 1 heterocycles. The molecule has 1 rings (SSSR count). The van der Waals surface area contributed by atoms with Crippen molar-refractivity contribution in [1.82, 2.24) is 4.90 Å². The maximum atomic E-state index is 11.0. The topological polar surface area (TPSA) is 101 Å². The standard InChI is InChI=1S/C10H16N2O4/c11-9(14)2-1-8(10(15)16)12-5-3-7(13)4-6-12/h8H,1-6H2,(H2,11,14)(H,15,16). The Kier molecular flexibility index (Phi) is 4.42. The molecule has 0 bridgehead atoms. The third-order valence-corrected chi connectivity index (χ3v) is 2.75. The van der Waals surface area contributed by atoms with Crippen LogP contribution in [0.25, 0.3) is 0 Å². The second kappa shape index (κ2) is 5.60. The van der Waals surface area contributed by atoms with Gasteiger partial charge in [-0.05, 0) is 6.42 Å². The molecule has 90 valence electrons. The summed E-state index contributed by atoms with van der Waals surface area (Å²) in [6.45, 7) is 0.906. The van der Waals surface area contributed by atoms with Crippen LogP contribution in [-0.2, 0) is 14.4 Å². The smallest absolute Gasteiger partial charge is 0.320 e. The van der Waals surface area contributed by atoms with Gasteiger partial charge in [0.1, 0.15) is 11.8 Å². The minimum absolute atomic E-state index is 0.0570. The molecule has 6 heteroatoms. The molecular formula is C10H16N2O4. The molecule has 0 radical (unpaired) electrons. The van der Waals surface area contributed by atoms with E-state index in [0.29, 0.717) is 25.9 Å². The molecule has 0 saturated carbocycles. The number of hydrogen-bond acceptors (Lipinski definition) is 4. The van der Waals surface area contributed by atoms with Gasteiger partial charge in [-0.3, -0.25) is 19.3 Å². The Balaban J connectivity index is 2.52. The number of piperidine rings is 1. The van der Waals surface area contributed by atoms with E-state index in [2.05, 4.69) is 0 Å². The van der Waals surface area contributed by atoms with Crippen LogP contribution in [0.4, 0.5) is 0 Å². The number of carboxylic acids is 1. The highest BCUT2D eigenvalue weighted by Gasteiger charge is 2.28. The van der Waals surface area contributed by atoms with Gasteiger partial charge in [0, 0.05) is 32.4 Å². The second-order valence-corrected chi connectivity index (χ2v) is 3.93. The van der Waals surface area contributed by atoms with Gasteiger partial charge in [-0.25, -0.2) is 0 Å². The monoisotopic (exact) mass is 228 g/mol. The van der Waals surface area contributed by atoms with Gasteiger partial charge in [0.25, 0.3) is 0 Å². The van der Waals surface area contributed by atoms with Crippen LogP contribution < -0.4 is 5.73 Å². The van der Waals surface area contributed by atoms with Crippen molar-refractivity contribution in [2.75, 3.05) is 13.1 Å². The number of nitrogens with two attached hydrogens (primary N) is 1. The predicted octanol–water partition coefficient (Wildman–Crippen LogP) is -0.630. The number of hydrogen-bond donors (Lipinski definition) is 2. The number of primary amides is 1. The van der Waals surface area contributed by atoms with E-state index in [9.17, 15) is 14.4 Å². The number of aliphatic carboxylic acids is 1. The second-order valence-electron chi connectivity index (χ2n) is 3.93. The number of nitrogens with zero attached hydrogens (tertiary/aromatic N) is 1. The summed E-state index contributed by atoms with van der Waals surface area (Å²) in [5.41, 5.74) is 4.99. The van der Waals surface area contributed by atoms with Crippen molar-refractivity contribution in [1.29, 1.82) is 0 Å². The van der Waals surface area contributed by atoms with Gasteiger partial charge < -0.3 is 10.8 Å². The van der Waals surface area contributed by atoms with Crippen molar-refractivity contribution in [2.45, 2.75) is 31.7 Å². The fraction of sp³-hybridized carbons (Fsp3) is 0.700. The van der Waals surface area contributed by atoms with E-state index in [1.54, 1.807) is 4.90 Å². The highest BCUT2D eigenvalue weighted by atomic mass is 16.4. The quantitative estimate of drug-likeness (QED) is 0.652. The first kappa shape index (κ1) is 12.6. The molecular weight excluding hydrogens is 212 g/mol. The normalized spacial score (nSPS) is 19.4. The molecule has 3 N–H and O–H groups in total. The molecule has 0 spiro atoms. The molecule has 1 aliphatic heterocycles. The Morgan fingerprint density at radius 1 is 1.38 bits per heavy atom. The lowest BCUT2D eigenvalue weighted by atomic mass is 10.0. The Morgan fingerprint density at radius 3 is 2.38 bits per heavy atom. The molecule has 1 amide bonds. The summed E-state index contributed by atoms with van der Waals surface area (Å²) in [4.78, 5) is 34.4. The zero-order valence-electron chi connectivity index (χ0n) is 9.02. The van der Waals surface area contributed by atoms with Gasteiger partial charge in [-0.1, -0.05) is 0 Å². The number of ketones is 1. The fourth-order valence-corrected chi connectivity index (χ4v) is 1.83. The molecule has 1 fully saturated rings. The fourth-order valence-electron chi connectivity index (χ4n) is 1.83. The number of rotatable bonds is 5. The summed E-state index contributed by atoms with van der Waals surface area (Å²) in [6.07, 6.45) is 1.04. The summed E-state index contributed by atoms with van der Waals surface area (Å²) in [5, 5.41) is 9.03. The largest absolute Gasteiger partial charge is 0.480 e. The molecule has 0 aromatic rings. The van der Waals surface area contributed by atoms with Gasteiger partial charge in [-0.15, -0.1) is 0 Å². The third kappa shape index (κ3) is 3.62. The maximum absolute atomic E-state index is 11.0. The zero-order chi connectivity index (χ0) is 12.1. The van der Waals surface area contributed by atoms with Crippen LogP contribution in [0.1, 0.15) is 25.7 Å². The number of carbonyl (C=O) groups is 3. The lowest BCUT2D eigenvalue weighted by molar-refractivity contribution is -0.145. The zero-order valence-corrected chi connectivity index (χ0v) is 9.02. The van der Waals surface area contributed by atoms with Crippen LogP contribution in [0.15, 0.2) is 0 Å². The summed E-state index contributed by atoms with van der Waals surface area (Å²) < 4.78 is 0. The summed E-state index contributed by atoms with van der Waals surface area (Å²) in [5.74, 6) is -1.30.